The molecule has 5 heterocycles. The second-order valence-electron chi connectivity index (χ2n) is 7.30. The first-order valence-corrected chi connectivity index (χ1v) is 14.4. The number of carbonyl (C=O) groups excluding carboxylic acids is 1. The van der Waals surface area contributed by atoms with Crippen LogP contribution in [0.4, 0.5) is 0 Å². The molecule has 0 aliphatic carbocycles. The van der Waals surface area contributed by atoms with E-state index in [0.717, 1.165) is 50.1 Å². The van der Waals surface area contributed by atoms with E-state index in [-0.39, 0.29) is 0 Å². The molecule has 0 atom stereocenters. The minimum Gasteiger partial charge on any atom is -0.477 e. The number of aromatic carboxylic acids is 1. The van der Waals surface area contributed by atoms with Crippen LogP contribution in [-0.4, -0.2) is 17.5 Å². The number of ether oxygens (including phenoxy) is 1. The molecule has 5 aromatic rings. The zero-order valence-corrected chi connectivity index (χ0v) is 22.1. The van der Waals surface area contributed by atoms with Gasteiger partial charge in [-0.1, -0.05) is 11.3 Å². The summed E-state index contributed by atoms with van der Waals surface area (Å²) in [6, 6.07) is 15.6. The van der Waals surface area contributed by atoms with Crippen LogP contribution in [0.15, 0.2) is 48.5 Å². The highest BCUT2D eigenvalue weighted by atomic mass is 32.1. The normalized spacial score (nSPS) is 11.1. The lowest BCUT2D eigenvalue weighted by Crippen LogP contribution is -1.95. The van der Waals surface area contributed by atoms with Gasteiger partial charge in [0, 0.05) is 52.1 Å². The molecule has 5 aromatic heterocycles. The highest BCUT2D eigenvalue weighted by Gasteiger charge is 2.19. The summed E-state index contributed by atoms with van der Waals surface area (Å²) in [5.74, 6) is -0.916. The van der Waals surface area contributed by atoms with E-state index in [9.17, 15) is 14.7 Å². The maximum Gasteiger partial charge on any atom is 0.345 e. The highest BCUT2D eigenvalue weighted by molar-refractivity contribution is 7.30. The van der Waals surface area contributed by atoms with Crippen molar-refractivity contribution in [3.05, 3.63) is 64.5 Å². The van der Waals surface area contributed by atoms with Gasteiger partial charge in [-0.25, -0.2) is 4.79 Å². The maximum absolute atomic E-state index is 11.3. The third-order valence-electron chi connectivity index (χ3n) is 5.16. The molecule has 11 heteroatoms. The average Bonchev–Trinajstić information content (AvgIpc) is 3.65. The van der Waals surface area contributed by atoms with Crippen LogP contribution in [-0.2, 0) is 17.9 Å². The Morgan fingerprint density at radius 2 is 1.29 bits per heavy atom. The summed E-state index contributed by atoms with van der Waals surface area (Å²) in [5.41, 5.74) is 14.2. The molecule has 5 rings (SSSR count). The number of carboxylic acid groups (broad SMARTS) is 1. The Bertz CT molecular complexity index is 1520. The first-order chi connectivity index (χ1) is 17.0. The van der Waals surface area contributed by atoms with Crippen LogP contribution in [0.1, 0.15) is 20.8 Å². The Morgan fingerprint density at radius 3 is 1.80 bits per heavy atom. The van der Waals surface area contributed by atoms with Crippen LogP contribution in [0.2, 0.25) is 0 Å². The summed E-state index contributed by atoms with van der Waals surface area (Å²) in [6.45, 7) is 1.25. The third kappa shape index (κ3) is 4.76. The molecule has 0 radical (unpaired) electrons. The fourth-order valence-corrected chi connectivity index (χ4v) is 9.06. The van der Waals surface area contributed by atoms with Crippen LogP contribution in [0.25, 0.3) is 39.0 Å². The smallest absolute Gasteiger partial charge is 0.345 e. The molecule has 178 valence electrons. The summed E-state index contributed by atoms with van der Waals surface area (Å²) >= 11 is 7.68. The van der Waals surface area contributed by atoms with E-state index in [2.05, 4.69) is 24.3 Å². The molecule has 6 nitrogen and oxygen atoms in total. The van der Waals surface area contributed by atoms with E-state index < -0.39 is 5.97 Å². The molecular weight excluding hydrogens is 541 g/mol. The molecule has 0 aromatic carbocycles. The van der Waals surface area contributed by atoms with Crippen LogP contribution in [0, 0.1) is 0 Å². The van der Waals surface area contributed by atoms with Crippen molar-refractivity contribution in [3.8, 4) is 44.1 Å². The number of carbonyl (C=O) groups is 2. The summed E-state index contributed by atoms with van der Waals surface area (Å²) in [5, 5.41) is 9.81. The molecule has 0 aliphatic rings. The molecular formula is C24H18N2O4S5. The minimum atomic E-state index is -0.916. The van der Waals surface area contributed by atoms with Crippen molar-refractivity contribution in [2.75, 3.05) is 0 Å². The van der Waals surface area contributed by atoms with Crippen molar-refractivity contribution in [3.63, 3.8) is 0 Å². The fraction of sp³-hybridized carbons (Fsp3) is 0.0833. The zero-order chi connectivity index (χ0) is 24.5. The molecule has 0 spiro atoms. The Kier molecular flexibility index (Phi) is 6.98. The third-order valence-corrected chi connectivity index (χ3v) is 11.4. The lowest BCUT2D eigenvalue weighted by molar-refractivity contribution is -0.120. The van der Waals surface area contributed by atoms with E-state index in [1.807, 2.05) is 12.1 Å². The quantitative estimate of drug-likeness (QED) is 0.171. The molecule has 0 aliphatic heterocycles. The molecule has 0 unspecified atom stereocenters. The Balaban J connectivity index is 1.48. The van der Waals surface area contributed by atoms with Gasteiger partial charge in [0.1, 0.15) is 4.88 Å². The van der Waals surface area contributed by atoms with Gasteiger partial charge in [0.05, 0.1) is 0 Å². The topological polar surface area (TPSA) is 116 Å². The first-order valence-electron chi connectivity index (χ1n) is 10.3. The Morgan fingerprint density at radius 1 is 0.743 bits per heavy atom. The van der Waals surface area contributed by atoms with Gasteiger partial charge in [0.2, 0.25) is 0 Å². The van der Waals surface area contributed by atoms with Crippen LogP contribution in [0.5, 0.6) is 5.06 Å². The number of hydrogen-bond acceptors (Lipinski definition) is 10. The van der Waals surface area contributed by atoms with Gasteiger partial charge in [-0.2, -0.15) is 0 Å². The van der Waals surface area contributed by atoms with E-state index in [1.165, 1.54) is 22.7 Å². The van der Waals surface area contributed by atoms with Crippen molar-refractivity contribution in [1.29, 1.82) is 0 Å². The Labute approximate surface area is 220 Å². The van der Waals surface area contributed by atoms with Gasteiger partial charge in [-0.3, -0.25) is 4.79 Å². The molecule has 5 N–H and O–H groups in total. The zero-order valence-electron chi connectivity index (χ0n) is 18.0. The van der Waals surface area contributed by atoms with Gasteiger partial charge in [0.15, 0.2) is 5.06 Å². The predicted molar refractivity (Wildman–Crippen MR) is 147 cm³/mol. The molecule has 0 fully saturated rings. The van der Waals surface area contributed by atoms with E-state index >= 15 is 0 Å². The van der Waals surface area contributed by atoms with Crippen LogP contribution in [0.3, 0.4) is 0 Å². The fourth-order valence-electron chi connectivity index (χ4n) is 3.55. The minimum absolute atomic E-state index is 0.320. The molecule has 35 heavy (non-hydrogen) atoms. The summed E-state index contributed by atoms with van der Waals surface area (Å²) in [6.07, 6.45) is 0. The number of hydrogen-bond donors (Lipinski definition) is 3. The van der Waals surface area contributed by atoms with Gasteiger partial charge >= 0.3 is 5.97 Å². The summed E-state index contributed by atoms with van der Waals surface area (Å²) < 4.78 is 4.96. The number of nitrogens with two attached hydrogens (primary N) is 2. The van der Waals surface area contributed by atoms with Crippen molar-refractivity contribution >= 4 is 69.1 Å². The van der Waals surface area contributed by atoms with Crippen molar-refractivity contribution in [2.24, 2.45) is 11.5 Å². The van der Waals surface area contributed by atoms with Gasteiger partial charge in [0.25, 0.3) is 6.47 Å². The molecule has 0 amide bonds. The monoisotopic (exact) mass is 558 g/mol. The summed E-state index contributed by atoms with van der Waals surface area (Å²) in [4.78, 5) is 30.7. The van der Waals surface area contributed by atoms with E-state index in [1.54, 1.807) is 46.1 Å². The van der Waals surface area contributed by atoms with Crippen molar-refractivity contribution in [1.82, 2.24) is 0 Å². The number of thiophene rings is 5. The second-order valence-corrected chi connectivity index (χ2v) is 12.6. The number of rotatable bonds is 9. The average molecular weight is 559 g/mol. The van der Waals surface area contributed by atoms with Gasteiger partial charge in [-0.15, -0.1) is 45.3 Å². The van der Waals surface area contributed by atoms with Crippen LogP contribution >= 0.6 is 56.7 Å². The Hall–Kier alpha value is -2.64. The van der Waals surface area contributed by atoms with Crippen molar-refractivity contribution in [2.45, 2.75) is 13.1 Å². The highest BCUT2D eigenvalue weighted by Crippen LogP contribution is 2.47. The first kappa shape index (κ1) is 24.1. The molecule has 0 bridgehead atoms. The predicted octanol–water partition coefficient (Wildman–Crippen LogP) is 6.81. The standard InChI is InChI=1S/C24H18N2O4S5/c25-9-12-7-19(14-1-4-18(31-14)24(28)29)34-22(12)16-2-3-17(32-16)23-13(10-26)8-20(35-23)15-5-6-21(33-15)30-11-27/h1-8,11H,9-10,25-26H2,(H,28,29). The lowest BCUT2D eigenvalue weighted by atomic mass is 10.2. The second kappa shape index (κ2) is 10.2. The SMILES string of the molecule is NCc1cc(-c2ccc(OC=O)s2)sc1-c1ccc(-c2sc(-c3ccc(C(=O)O)s3)cc2CN)s1. The van der Waals surface area contributed by atoms with Crippen LogP contribution < -0.4 is 16.2 Å². The van der Waals surface area contributed by atoms with E-state index in [0.29, 0.717) is 29.5 Å². The van der Waals surface area contributed by atoms with E-state index in [4.69, 9.17) is 16.2 Å². The number of carboxylic acids is 1. The summed E-state index contributed by atoms with van der Waals surface area (Å²) in [7, 11) is 0. The van der Waals surface area contributed by atoms with Gasteiger partial charge in [-0.05, 0) is 59.7 Å². The lowest BCUT2D eigenvalue weighted by Gasteiger charge is -1.98. The van der Waals surface area contributed by atoms with Crippen molar-refractivity contribution < 1.29 is 19.4 Å². The molecule has 0 saturated carbocycles. The van der Waals surface area contributed by atoms with Gasteiger partial charge < -0.3 is 21.3 Å². The maximum atomic E-state index is 11.3. The molecule has 0 saturated heterocycles. The largest absolute Gasteiger partial charge is 0.477 e.